The number of aromatic nitrogens is 2. The van der Waals surface area contributed by atoms with Gasteiger partial charge in [-0.3, -0.25) is 14.5 Å². The number of hydrogen-bond acceptors (Lipinski definition) is 5. The minimum Gasteiger partial charge on any atom is -0.309 e. The molecule has 0 saturated heterocycles. The Kier molecular flexibility index (Phi) is 3.79. The molecule has 1 aromatic heterocycles. The average molecular weight is 311 g/mol. The standard InChI is InChI=1S/C16H17N5O2/c1-19(2)9-14(22)21-13-7-5-4-6-12(13)20(3)16(23)11-8-17-10-18-15(11)21/h4-8,10H,9H2,1-3H3. The predicted octanol–water partition coefficient (Wildman–Crippen LogP) is 1.29. The van der Waals surface area contributed by atoms with E-state index >= 15 is 0 Å². The van der Waals surface area contributed by atoms with Crippen molar-refractivity contribution in [1.82, 2.24) is 14.9 Å². The van der Waals surface area contributed by atoms with Crippen LogP contribution >= 0.6 is 0 Å². The average Bonchev–Trinajstić information content (AvgIpc) is 2.62. The number of amides is 2. The van der Waals surface area contributed by atoms with Crippen molar-refractivity contribution >= 4 is 29.0 Å². The second-order valence-electron chi connectivity index (χ2n) is 5.58. The minimum absolute atomic E-state index is 0.162. The number of hydrogen-bond donors (Lipinski definition) is 0. The van der Waals surface area contributed by atoms with E-state index in [9.17, 15) is 9.59 Å². The van der Waals surface area contributed by atoms with Crippen molar-refractivity contribution < 1.29 is 9.59 Å². The smallest absolute Gasteiger partial charge is 0.263 e. The molecule has 1 aliphatic rings. The maximum atomic E-state index is 12.8. The molecule has 0 saturated carbocycles. The molecule has 7 heteroatoms. The Bertz CT molecular complexity index is 775. The molecule has 2 heterocycles. The first-order valence-electron chi connectivity index (χ1n) is 7.15. The van der Waals surface area contributed by atoms with Gasteiger partial charge in [0.1, 0.15) is 11.9 Å². The Labute approximate surface area is 134 Å². The molecule has 0 radical (unpaired) electrons. The number of nitrogens with zero attached hydrogens (tertiary/aromatic N) is 5. The van der Waals surface area contributed by atoms with Gasteiger partial charge in [0.2, 0.25) is 5.91 Å². The first-order valence-corrected chi connectivity index (χ1v) is 7.15. The third kappa shape index (κ3) is 2.55. The number of fused-ring (bicyclic) bond motifs is 2. The third-order valence-electron chi connectivity index (χ3n) is 3.62. The summed E-state index contributed by atoms with van der Waals surface area (Å²) in [5.41, 5.74) is 1.59. The van der Waals surface area contributed by atoms with E-state index in [4.69, 9.17) is 0 Å². The highest BCUT2D eigenvalue weighted by Crippen LogP contribution is 2.38. The minimum atomic E-state index is -0.242. The zero-order chi connectivity index (χ0) is 16.6. The summed E-state index contributed by atoms with van der Waals surface area (Å²) in [6, 6.07) is 7.28. The van der Waals surface area contributed by atoms with E-state index in [2.05, 4.69) is 9.97 Å². The second kappa shape index (κ2) is 5.77. The Morgan fingerprint density at radius 2 is 1.91 bits per heavy atom. The van der Waals surface area contributed by atoms with Crippen LogP contribution in [0.4, 0.5) is 17.2 Å². The van der Waals surface area contributed by atoms with Crippen LogP contribution in [0, 0.1) is 0 Å². The van der Waals surface area contributed by atoms with Gasteiger partial charge in [-0.05, 0) is 26.2 Å². The van der Waals surface area contributed by atoms with Crippen molar-refractivity contribution in [2.24, 2.45) is 0 Å². The summed E-state index contributed by atoms with van der Waals surface area (Å²) in [6.07, 6.45) is 2.79. The number of rotatable bonds is 2. The quantitative estimate of drug-likeness (QED) is 0.836. The van der Waals surface area contributed by atoms with E-state index in [0.717, 1.165) is 0 Å². The maximum absolute atomic E-state index is 12.8. The molecule has 0 fully saturated rings. The van der Waals surface area contributed by atoms with Crippen LogP contribution in [0.1, 0.15) is 10.4 Å². The van der Waals surface area contributed by atoms with Gasteiger partial charge in [-0.15, -0.1) is 0 Å². The molecule has 3 rings (SSSR count). The number of carbonyl (C=O) groups is 2. The lowest BCUT2D eigenvalue weighted by molar-refractivity contribution is -0.118. The van der Waals surface area contributed by atoms with Gasteiger partial charge in [-0.25, -0.2) is 9.97 Å². The fourth-order valence-electron chi connectivity index (χ4n) is 2.59. The molecule has 0 N–H and O–H groups in total. The molecule has 7 nitrogen and oxygen atoms in total. The van der Waals surface area contributed by atoms with E-state index in [1.165, 1.54) is 22.3 Å². The SMILES string of the molecule is CN(C)CC(=O)N1c2ccccc2N(C)C(=O)c2cncnc21. The van der Waals surface area contributed by atoms with Gasteiger partial charge >= 0.3 is 0 Å². The van der Waals surface area contributed by atoms with Gasteiger partial charge in [0.25, 0.3) is 5.91 Å². The molecule has 0 aliphatic carbocycles. The number of para-hydroxylation sites is 2. The molecule has 23 heavy (non-hydrogen) atoms. The largest absolute Gasteiger partial charge is 0.309 e. The van der Waals surface area contributed by atoms with Crippen LogP contribution in [0.15, 0.2) is 36.8 Å². The monoisotopic (exact) mass is 311 g/mol. The van der Waals surface area contributed by atoms with Gasteiger partial charge in [0.15, 0.2) is 5.82 Å². The van der Waals surface area contributed by atoms with Crippen molar-refractivity contribution in [3.63, 3.8) is 0 Å². The van der Waals surface area contributed by atoms with Gasteiger partial charge in [0, 0.05) is 13.2 Å². The summed E-state index contributed by atoms with van der Waals surface area (Å²) in [6.45, 7) is 0.204. The lowest BCUT2D eigenvalue weighted by Gasteiger charge is -2.24. The zero-order valence-corrected chi connectivity index (χ0v) is 13.2. The number of anilines is 3. The highest BCUT2D eigenvalue weighted by Gasteiger charge is 2.33. The summed E-state index contributed by atoms with van der Waals surface area (Å²) < 4.78 is 0. The molecule has 2 aromatic rings. The summed E-state index contributed by atoms with van der Waals surface area (Å²) >= 11 is 0. The third-order valence-corrected chi connectivity index (χ3v) is 3.62. The molecule has 0 bridgehead atoms. The summed E-state index contributed by atoms with van der Waals surface area (Å²) in [5, 5.41) is 0. The van der Waals surface area contributed by atoms with E-state index in [-0.39, 0.29) is 18.4 Å². The number of benzene rings is 1. The highest BCUT2D eigenvalue weighted by molar-refractivity contribution is 6.17. The van der Waals surface area contributed by atoms with Crippen molar-refractivity contribution in [3.8, 4) is 0 Å². The molecule has 0 unspecified atom stereocenters. The van der Waals surface area contributed by atoms with E-state index in [1.807, 2.05) is 38.4 Å². The number of carbonyl (C=O) groups excluding carboxylic acids is 2. The van der Waals surface area contributed by atoms with E-state index in [1.54, 1.807) is 11.9 Å². The van der Waals surface area contributed by atoms with Gasteiger partial charge in [-0.2, -0.15) is 0 Å². The van der Waals surface area contributed by atoms with E-state index in [0.29, 0.717) is 22.8 Å². The molecular formula is C16H17N5O2. The normalized spacial score (nSPS) is 13.7. The Hall–Kier alpha value is -2.80. The van der Waals surface area contributed by atoms with Crippen molar-refractivity contribution in [3.05, 3.63) is 42.4 Å². The lowest BCUT2D eigenvalue weighted by atomic mass is 10.2. The second-order valence-corrected chi connectivity index (χ2v) is 5.58. The fourth-order valence-corrected chi connectivity index (χ4v) is 2.59. The Balaban J connectivity index is 2.25. The predicted molar refractivity (Wildman–Crippen MR) is 86.9 cm³/mol. The van der Waals surface area contributed by atoms with Crippen LogP contribution in [-0.2, 0) is 4.79 Å². The number of likely N-dealkylation sites (N-methyl/N-ethyl adjacent to an activating group) is 1. The van der Waals surface area contributed by atoms with Crippen molar-refractivity contribution in [2.75, 3.05) is 37.5 Å². The van der Waals surface area contributed by atoms with Crippen LogP contribution in [-0.4, -0.2) is 54.4 Å². The summed E-state index contributed by atoms with van der Waals surface area (Å²) in [5.74, 6) is -0.0904. The van der Waals surface area contributed by atoms with Gasteiger partial charge in [0.05, 0.1) is 17.9 Å². The van der Waals surface area contributed by atoms with Gasteiger partial charge < -0.3 is 9.80 Å². The molecular weight excluding hydrogens is 294 g/mol. The molecule has 1 aliphatic heterocycles. The van der Waals surface area contributed by atoms with Crippen LogP contribution < -0.4 is 9.80 Å². The van der Waals surface area contributed by atoms with Crippen molar-refractivity contribution in [1.29, 1.82) is 0 Å². The topological polar surface area (TPSA) is 69.6 Å². The zero-order valence-electron chi connectivity index (χ0n) is 13.2. The van der Waals surface area contributed by atoms with Crippen molar-refractivity contribution in [2.45, 2.75) is 0 Å². The fraction of sp³-hybridized carbons (Fsp3) is 0.250. The van der Waals surface area contributed by atoms with Crippen LogP contribution in [0.25, 0.3) is 0 Å². The van der Waals surface area contributed by atoms with E-state index < -0.39 is 0 Å². The molecule has 1 aromatic carbocycles. The lowest BCUT2D eigenvalue weighted by Crippen LogP contribution is -2.35. The summed E-state index contributed by atoms with van der Waals surface area (Å²) in [7, 11) is 5.32. The van der Waals surface area contributed by atoms with Gasteiger partial charge in [-0.1, -0.05) is 12.1 Å². The maximum Gasteiger partial charge on any atom is 0.263 e. The molecule has 118 valence electrons. The Morgan fingerprint density at radius 1 is 1.22 bits per heavy atom. The summed E-state index contributed by atoms with van der Waals surface area (Å²) in [4.78, 5) is 38.4. The highest BCUT2D eigenvalue weighted by atomic mass is 16.2. The van der Waals surface area contributed by atoms with Crippen LogP contribution in [0.2, 0.25) is 0 Å². The van der Waals surface area contributed by atoms with Crippen LogP contribution in [0.3, 0.4) is 0 Å². The molecule has 2 amide bonds. The van der Waals surface area contributed by atoms with Crippen LogP contribution in [0.5, 0.6) is 0 Å². The first kappa shape index (κ1) is 15.1. The Morgan fingerprint density at radius 3 is 2.61 bits per heavy atom. The molecule has 0 atom stereocenters. The molecule has 0 spiro atoms. The first-order chi connectivity index (χ1) is 11.0.